The molecule has 1 saturated heterocycles. The molecule has 3 rings (SSSR count). The zero-order valence-corrected chi connectivity index (χ0v) is 8.61. The lowest BCUT2D eigenvalue weighted by Crippen LogP contribution is -2.25. The Morgan fingerprint density at radius 2 is 2.33 bits per heavy atom. The molecule has 82 valence electrons. The van der Waals surface area contributed by atoms with Crippen LogP contribution in [0.2, 0.25) is 0 Å². The van der Waals surface area contributed by atoms with E-state index in [-0.39, 0.29) is 11.8 Å². The predicted octanol–water partition coefficient (Wildman–Crippen LogP) is 0.628. The maximum Gasteiger partial charge on any atom is 0.343 e. The smallest absolute Gasteiger partial charge is 0.343 e. The molecular formula is C10H15N3O2. The van der Waals surface area contributed by atoms with Gasteiger partial charge in [-0.25, -0.2) is 9.89 Å². The third-order valence-electron chi connectivity index (χ3n) is 3.14. The SMILES string of the molecule is O=c1[nH]nc(C2CC2)n1CC1CCCO1. The third kappa shape index (κ3) is 1.71. The molecule has 2 heterocycles. The summed E-state index contributed by atoms with van der Waals surface area (Å²) in [7, 11) is 0. The van der Waals surface area contributed by atoms with Crippen molar-refractivity contribution >= 4 is 0 Å². The third-order valence-corrected chi connectivity index (χ3v) is 3.14. The van der Waals surface area contributed by atoms with Gasteiger partial charge in [0.25, 0.3) is 0 Å². The van der Waals surface area contributed by atoms with Crippen molar-refractivity contribution < 1.29 is 4.74 Å². The molecule has 1 atom stereocenters. The second-order valence-electron chi connectivity index (χ2n) is 4.41. The molecule has 1 aromatic rings. The molecule has 0 aromatic carbocycles. The molecule has 1 N–H and O–H groups in total. The highest BCUT2D eigenvalue weighted by Crippen LogP contribution is 2.38. The van der Waals surface area contributed by atoms with Crippen LogP contribution < -0.4 is 5.69 Å². The van der Waals surface area contributed by atoms with Crippen molar-refractivity contribution in [3.8, 4) is 0 Å². The molecule has 0 bridgehead atoms. The normalized spacial score (nSPS) is 26.0. The van der Waals surface area contributed by atoms with Gasteiger partial charge in [-0.1, -0.05) is 0 Å². The standard InChI is InChI=1S/C10H15N3O2/c14-10-12-11-9(7-3-4-7)13(10)6-8-2-1-5-15-8/h7-8H,1-6H2,(H,12,14). The molecule has 0 radical (unpaired) electrons. The molecule has 0 spiro atoms. The summed E-state index contributed by atoms with van der Waals surface area (Å²) in [6, 6.07) is 0. The van der Waals surface area contributed by atoms with E-state index in [1.54, 1.807) is 4.57 Å². The molecule has 15 heavy (non-hydrogen) atoms. The van der Waals surface area contributed by atoms with Crippen LogP contribution in [0, 0.1) is 0 Å². The quantitative estimate of drug-likeness (QED) is 0.794. The number of ether oxygens (including phenoxy) is 1. The van der Waals surface area contributed by atoms with Gasteiger partial charge in [0.2, 0.25) is 0 Å². The minimum absolute atomic E-state index is 0.0904. The van der Waals surface area contributed by atoms with E-state index in [0.717, 1.165) is 38.1 Å². The van der Waals surface area contributed by atoms with Gasteiger partial charge in [0.05, 0.1) is 12.6 Å². The molecule has 0 amide bonds. The van der Waals surface area contributed by atoms with Crippen LogP contribution in [0.4, 0.5) is 0 Å². The topological polar surface area (TPSA) is 59.9 Å². The minimum Gasteiger partial charge on any atom is -0.376 e. The zero-order chi connectivity index (χ0) is 10.3. The Morgan fingerprint density at radius 3 is 3.00 bits per heavy atom. The fourth-order valence-corrected chi connectivity index (χ4v) is 2.15. The fourth-order valence-electron chi connectivity index (χ4n) is 2.15. The summed E-state index contributed by atoms with van der Waals surface area (Å²) in [5.74, 6) is 1.43. The molecule has 5 nitrogen and oxygen atoms in total. The summed E-state index contributed by atoms with van der Waals surface area (Å²) in [4.78, 5) is 11.5. The molecule has 2 fully saturated rings. The first-order valence-corrected chi connectivity index (χ1v) is 5.61. The number of rotatable bonds is 3. The van der Waals surface area contributed by atoms with E-state index in [4.69, 9.17) is 4.74 Å². The first-order chi connectivity index (χ1) is 7.34. The molecular weight excluding hydrogens is 194 g/mol. The van der Waals surface area contributed by atoms with Crippen molar-refractivity contribution in [1.82, 2.24) is 14.8 Å². The highest BCUT2D eigenvalue weighted by atomic mass is 16.5. The van der Waals surface area contributed by atoms with Crippen LogP contribution in [-0.2, 0) is 11.3 Å². The zero-order valence-electron chi connectivity index (χ0n) is 8.61. The van der Waals surface area contributed by atoms with E-state index in [9.17, 15) is 4.79 Å². The highest BCUT2D eigenvalue weighted by Gasteiger charge is 2.30. The largest absolute Gasteiger partial charge is 0.376 e. The van der Waals surface area contributed by atoms with E-state index in [0.29, 0.717) is 12.5 Å². The van der Waals surface area contributed by atoms with Gasteiger partial charge >= 0.3 is 5.69 Å². The van der Waals surface area contributed by atoms with Gasteiger partial charge in [0.15, 0.2) is 0 Å². The second kappa shape index (κ2) is 3.48. The van der Waals surface area contributed by atoms with Crippen LogP contribution in [0.1, 0.15) is 37.4 Å². The number of hydrogen-bond donors (Lipinski definition) is 1. The molecule has 1 aliphatic carbocycles. The van der Waals surface area contributed by atoms with Crippen molar-refractivity contribution in [3.05, 3.63) is 16.3 Å². The van der Waals surface area contributed by atoms with Crippen molar-refractivity contribution in [2.45, 2.75) is 44.2 Å². The Kier molecular flexibility index (Phi) is 2.12. The monoisotopic (exact) mass is 209 g/mol. The van der Waals surface area contributed by atoms with Gasteiger partial charge in [-0.2, -0.15) is 5.10 Å². The molecule has 1 aliphatic heterocycles. The van der Waals surface area contributed by atoms with E-state index in [1.165, 1.54) is 0 Å². The summed E-state index contributed by atoms with van der Waals surface area (Å²) in [5, 5.41) is 6.62. The van der Waals surface area contributed by atoms with E-state index < -0.39 is 0 Å². The van der Waals surface area contributed by atoms with E-state index in [2.05, 4.69) is 10.2 Å². The Balaban J connectivity index is 1.82. The second-order valence-corrected chi connectivity index (χ2v) is 4.41. The van der Waals surface area contributed by atoms with Gasteiger partial charge in [-0.15, -0.1) is 0 Å². The summed E-state index contributed by atoms with van der Waals surface area (Å²) >= 11 is 0. The van der Waals surface area contributed by atoms with Crippen LogP contribution in [0.5, 0.6) is 0 Å². The maximum absolute atomic E-state index is 11.5. The minimum atomic E-state index is -0.0904. The van der Waals surface area contributed by atoms with Crippen molar-refractivity contribution in [3.63, 3.8) is 0 Å². The van der Waals surface area contributed by atoms with Gasteiger partial charge in [-0.05, 0) is 25.7 Å². The van der Waals surface area contributed by atoms with Crippen molar-refractivity contribution in [1.29, 1.82) is 0 Å². The average Bonchev–Trinajstić information content (AvgIpc) is 2.82. The lowest BCUT2D eigenvalue weighted by molar-refractivity contribution is 0.0954. The molecule has 1 unspecified atom stereocenters. The Hall–Kier alpha value is -1.10. The number of aromatic amines is 1. The van der Waals surface area contributed by atoms with Crippen molar-refractivity contribution in [2.24, 2.45) is 0 Å². The van der Waals surface area contributed by atoms with Crippen LogP contribution >= 0.6 is 0 Å². The lowest BCUT2D eigenvalue weighted by atomic mass is 10.2. The Bertz CT molecular complexity index is 399. The summed E-state index contributed by atoms with van der Waals surface area (Å²) in [6.07, 6.45) is 4.70. The van der Waals surface area contributed by atoms with E-state index in [1.807, 2.05) is 0 Å². The highest BCUT2D eigenvalue weighted by molar-refractivity contribution is 5.05. The molecule has 2 aliphatic rings. The number of nitrogens with one attached hydrogen (secondary N) is 1. The van der Waals surface area contributed by atoms with Gasteiger partial charge in [0.1, 0.15) is 5.82 Å². The van der Waals surface area contributed by atoms with Gasteiger partial charge < -0.3 is 4.74 Å². The summed E-state index contributed by atoms with van der Waals surface area (Å²) < 4.78 is 7.29. The van der Waals surface area contributed by atoms with Crippen LogP contribution in [0.3, 0.4) is 0 Å². The van der Waals surface area contributed by atoms with Gasteiger partial charge in [0, 0.05) is 12.5 Å². The number of aromatic nitrogens is 3. The van der Waals surface area contributed by atoms with E-state index >= 15 is 0 Å². The maximum atomic E-state index is 11.5. The Labute approximate surface area is 87.4 Å². The van der Waals surface area contributed by atoms with Crippen LogP contribution in [0.15, 0.2) is 4.79 Å². The first-order valence-electron chi connectivity index (χ1n) is 5.61. The van der Waals surface area contributed by atoms with Crippen LogP contribution in [-0.4, -0.2) is 27.5 Å². The number of H-pyrrole nitrogens is 1. The molecule has 1 saturated carbocycles. The Morgan fingerprint density at radius 1 is 1.47 bits per heavy atom. The summed E-state index contributed by atoms with van der Waals surface area (Å²) in [5.41, 5.74) is -0.0904. The number of hydrogen-bond acceptors (Lipinski definition) is 3. The van der Waals surface area contributed by atoms with Gasteiger partial charge in [-0.3, -0.25) is 4.57 Å². The molecule has 5 heteroatoms. The van der Waals surface area contributed by atoms with Crippen molar-refractivity contribution in [2.75, 3.05) is 6.61 Å². The summed E-state index contributed by atoms with van der Waals surface area (Å²) in [6.45, 7) is 1.50. The fraction of sp³-hybridized carbons (Fsp3) is 0.800. The first kappa shape index (κ1) is 9.15. The molecule has 1 aromatic heterocycles. The predicted molar refractivity (Wildman–Crippen MR) is 53.8 cm³/mol. The average molecular weight is 209 g/mol. The lowest BCUT2D eigenvalue weighted by Gasteiger charge is -2.10. The van der Waals surface area contributed by atoms with Crippen LogP contribution in [0.25, 0.3) is 0 Å². The number of nitrogens with zero attached hydrogens (tertiary/aromatic N) is 2.